The van der Waals surface area contributed by atoms with Crippen molar-refractivity contribution in [2.45, 2.75) is 26.7 Å². The Morgan fingerprint density at radius 2 is 2.00 bits per heavy atom. The summed E-state index contributed by atoms with van der Waals surface area (Å²) < 4.78 is 11.9. The summed E-state index contributed by atoms with van der Waals surface area (Å²) in [4.78, 5) is 4.11. The van der Waals surface area contributed by atoms with Crippen molar-refractivity contribution in [3.05, 3.63) is 28.5 Å². The second-order valence-corrected chi connectivity index (χ2v) is 4.40. The Labute approximate surface area is 111 Å². The van der Waals surface area contributed by atoms with Gasteiger partial charge in [0, 0.05) is 43.2 Å². The summed E-state index contributed by atoms with van der Waals surface area (Å²) in [5, 5.41) is 3.29. The van der Waals surface area contributed by atoms with Gasteiger partial charge in [0.25, 0.3) is 0 Å². The van der Waals surface area contributed by atoms with Gasteiger partial charge in [0.15, 0.2) is 6.29 Å². The molecule has 1 aromatic rings. The third kappa shape index (κ3) is 6.12. The number of ether oxygens (including phenoxy) is 2. The van der Waals surface area contributed by atoms with Crippen LogP contribution in [-0.4, -0.2) is 31.0 Å². The van der Waals surface area contributed by atoms with Crippen LogP contribution in [0.3, 0.4) is 0 Å². The average molecular weight is 303 g/mol. The fourth-order valence-electron chi connectivity index (χ4n) is 1.42. The smallest absolute Gasteiger partial charge is 0.169 e. The summed E-state index contributed by atoms with van der Waals surface area (Å²) in [7, 11) is 0. The Kier molecular flexibility index (Phi) is 7.35. The van der Waals surface area contributed by atoms with Crippen molar-refractivity contribution in [1.82, 2.24) is 10.3 Å². The fourth-order valence-corrected chi connectivity index (χ4v) is 1.84. The number of hydrogen-bond acceptors (Lipinski definition) is 4. The van der Waals surface area contributed by atoms with Crippen LogP contribution in [-0.2, 0) is 16.0 Å². The van der Waals surface area contributed by atoms with Gasteiger partial charge in [-0.2, -0.15) is 0 Å². The molecule has 0 bridgehead atoms. The molecule has 96 valence electrons. The normalized spacial score (nSPS) is 11.1. The minimum Gasteiger partial charge on any atom is -0.352 e. The Bertz CT molecular complexity index is 317. The predicted molar refractivity (Wildman–Crippen MR) is 70.7 cm³/mol. The molecule has 1 rings (SSSR count). The van der Waals surface area contributed by atoms with Crippen LogP contribution >= 0.6 is 15.9 Å². The maximum Gasteiger partial charge on any atom is 0.169 e. The van der Waals surface area contributed by atoms with E-state index in [9.17, 15) is 0 Å². The summed E-state index contributed by atoms with van der Waals surface area (Å²) in [5.41, 5.74) is 1.13. The molecule has 0 spiro atoms. The number of nitrogens with zero attached hydrogens (tertiary/aromatic N) is 1. The van der Waals surface area contributed by atoms with Gasteiger partial charge < -0.3 is 14.8 Å². The maximum absolute atomic E-state index is 5.43. The van der Waals surface area contributed by atoms with E-state index < -0.39 is 0 Å². The molecule has 4 nitrogen and oxygen atoms in total. The number of nitrogens with one attached hydrogen (secondary N) is 1. The molecule has 0 aliphatic heterocycles. The first kappa shape index (κ1) is 14.6. The quantitative estimate of drug-likeness (QED) is 0.749. The third-order valence-corrected chi connectivity index (χ3v) is 2.54. The highest BCUT2D eigenvalue weighted by Crippen LogP contribution is 2.09. The van der Waals surface area contributed by atoms with Gasteiger partial charge in [0.1, 0.15) is 0 Å². The van der Waals surface area contributed by atoms with Gasteiger partial charge in [-0.3, -0.25) is 4.98 Å². The highest BCUT2D eigenvalue weighted by molar-refractivity contribution is 9.10. The molecule has 0 fully saturated rings. The van der Waals surface area contributed by atoms with Gasteiger partial charge in [-0.05, 0) is 41.4 Å². The van der Waals surface area contributed by atoms with E-state index in [-0.39, 0.29) is 6.29 Å². The maximum atomic E-state index is 5.43. The van der Waals surface area contributed by atoms with Crippen LogP contribution in [0.4, 0.5) is 0 Å². The van der Waals surface area contributed by atoms with E-state index in [2.05, 4.69) is 26.2 Å². The zero-order valence-electron chi connectivity index (χ0n) is 10.3. The van der Waals surface area contributed by atoms with Gasteiger partial charge in [-0.15, -0.1) is 0 Å². The lowest BCUT2D eigenvalue weighted by Crippen LogP contribution is -2.31. The molecular weight excluding hydrogens is 284 g/mol. The number of pyridine rings is 1. The monoisotopic (exact) mass is 302 g/mol. The summed E-state index contributed by atoms with van der Waals surface area (Å²) in [6.07, 6.45) is 3.44. The molecule has 0 saturated heterocycles. The average Bonchev–Trinajstić information content (AvgIpc) is 2.30. The van der Waals surface area contributed by atoms with Crippen molar-refractivity contribution in [1.29, 1.82) is 0 Å². The highest BCUT2D eigenvalue weighted by atomic mass is 79.9. The molecule has 1 heterocycles. The van der Waals surface area contributed by atoms with Crippen molar-refractivity contribution in [2.24, 2.45) is 0 Å². The molecule has 0 aliphatic carbocycles. The number of hydrogen-bond donors (Lipinski definition) is 1. The molecule has 0 aliphatic rings. The summed E-state index contributed by atoms with van der Waals surface area (Å²) in [6.45, 7) is 6.67. The van der Waals surface area contributed by atoms with Crippen molar-refractivity contribution in [2.75, 3.05) is 19.8 Å². The Morgan fingerprint density at radius 3 is 2.59 bits per heavy atom. The van der Waals surface area contributed by atoms with E-state index in [4.69, 9.17) is 9.47 Å². The highest BCUT2D eigenvalue weighted by Gasteiger charge is 2.06. The van der Waals surface area contributed by atoms with Crippen LogP contribution in [0.1, 0.15) is 19.4 Å². The van der Waals surface area contributed by atoms with Crippen LogP contribution in [0, 0.1) is 0 Å². The van der Waals surface area contributed by atoms with Crippen molar-refractivity contribution in [3.8, 4) is 0 Å². The van der Waals surface area contributed by atoms with Crippen LogP contribution in [0.25, 0.3) is 0 Å². The first-order valence-electron chi connectivity index (χ1n) is 5.79. The Hall–Kier alpha value is -0.490. The van der Waals surface area contributed by atoms with E-state index in [0.717, 1.165) is 16.6 Å². The van der Waals surface area contributed by atoms with E-state index in [0.29, 0.717) is 19.8 Å². The van der Waals surface area contributed by atoms with Crippen LogP contribution in [0.5, 0.6) is 0 Å². The summed E-state index contributed by atoms with van der Waals surface area (Å²) in [6, 6.07) is 2.04. The lowest BCUT2D eigenvalue weighted by molar-refractivity contribution is -0.133. The van der Waals surface area contributed by atoms with Crippen LogP contribution in [0.15, 0.2) is 22.9 Å². The van der Waals surface area contributed by atoms with Crippen molar-refractivity contribution >= 4 is 15.9 Å². The number of rotatable bonds is 8. The molecule has 0 radical (unpaired) electrons. The SMILES string of the molecule is CCOC(CNCc1cncc(Br)c1)OCC. The van der Waals surface area contributed by atoms with E-state index in [1.54, 1.807) is 6.20 Å². The minimum atomic E-state index is -0.176. The number of halogens is 1. The predicted octanol–water partition coefficient (Wildman–Crippen LogP) is 2.33. The molecule has 0 saturated carbocycles. The van der Waals surface area contributed by atoms with Gasteiger partial charge >= 0.3 is 0 Å². The third-order valence-electron chi connectivity index (χ3n) is 2.11. The largest absolute Gasteiger partial charge is 0.352 e. The zero-order valence-corrected chi connectivity index (χ0v) is 11.9. The zero-order chi connectivity index (χ0) is 12.5. The molecule has 0 aromatic carbocycles. The van der Waals surface area contributed by atoms with Crippen molar-refractivity contribution < 1.29 is 9.47 Å². The summed E-state index contributed by atoms with van der Waals surface area (Å²) >= 11 is 3.39. The molecule has 1 N–H and O–H groups in total. The molecular formula is C12H19BrN2O2. The van der Waals surface area contributed by atoms with Crippen molar-refractivity contribution in [3.63, 3.8) is 0 Å². The second kappa shape index (κ2) is 8.58. The number of aromatic nitrogens is 1. The Morgan fingerprint density at radius 1 is 1.29 bits per heavy atom. The first-order valence-corrected chi connectivity index (χ1v) is 6.58. The lowest BCUT2D eigenvalue weighted by Gasteiger charge is -2.17. The first-order chi connectivity index (χ1) is 8.26. The molecule has 0 unspecified atom stereocenters. The Balaban J connectivity index is 2.30. The molecule has 17 heavy (non-hydrogen) atoms. The van der Waals surface area contributed by atoms with Gasteiger partial charge in [-0.1, -0.05) is 0 Å². The topological polar surface area (TPSA) is 43.4 Å². The van der Waals surface area contributed by atoms with E-state index in [1.807, 2.05) is 26.1 Å². The van der Waals surface area contributed by atoms with E-state index >= 15 is 0 Å². The van der Waals surface area contributed by atoms with Crippen LogP contribution < -0.4 is 5.32 Å². The fraction of sp³-hybridized carbons (Fsp3) is 0.583. The molecule has 0 atom stereocenters. The van der Waals surface area contributed by atoms with Gasteiger partial charge in [0.05, 0.1) is 0 Å². The minimum absolute atomic E-state index is 0.176. The van der Waals surface area contributed by atoms with Gasteiger partial charge in [0.2, 0.25) is 0 Å². The molecule has 5 heteroatoms. The van der Waals surface area contributed by atoms with Gasteiger partial charge in [-0.25, -0.2) is 0 Å². The lowest BCUT2D eigenvalue weighted by atomic mass is 10.3. The standard InChI is InChI=1S/C12H19BrN2O2/c1-3-16-12(17-4-2)9-15-7-10-5-11(13)8-14-6-10/h5-6,8,12,15H,3-4,7,9H2,1-2H3. The van der Waals surface area contributed by atoms with E-state index in [1.165, 1.54) is 0 Å². The molecule has 0 amide bonds. The van der Waals surface area contributed by atoms with Crippen LogP contribution in [0.2, 0.25) is 0 Å². The molecule has 1 aromatic heterocycles. The summed E-state index contributed by atoms with van der Waals surface area (Å²) in [5.74, 6) is 0. The second-order valence-electron chi connectivity index (χ2n) is 3.48.